The van der Waals surface area contributed by atoms with Gasteiger partial charge in [-0.15, -0.1) is 0 Å². The smallest absolute Gasteiger partial charge is 0.226 e. The Morgan fingerprint density at radius 3 is 2.68 bits per heavy atom. The molecule has 19 heavy (non-hydrogen) atoms. The van der Waals surface area contributed by atoms with Crippen LogP contribution < -0.4 is 0 Å². The molecule has 1 spiro atoms. The molecule has 0 aromatic heterocycles. The SMILES string of the molecule is CC1COC2(CCN(C(=O)C3CC=CCC3)CC2)O1. The second-order valence-corrected chi connectivity index (χ2v) is 5.96. The first-order valence-electron chi connectivity index (χ1n) is 7.44. The summed E-state index contributed by atoms with van der Waals surface area (Å²) in [4.78, 5) is 14.4. The van der Waals surface area contributed by atoms with Crippen molar-refractivity contribution < 1.29 is 14.3 Å². The van der Waals surface area contributed by atoms with Gasteiger partial charge in [0.2, 0.25) is 5.91 Å². The van der Waals surface area contributed by atoms with Gasteiger partial charge in [0.1, 0.15) is 0 Å². The first-order chi connectivity index (χ1) is 9.19. The second-order valence-electron chi connectivity index (χ2n) is 5.96. The molecule has 0 radical (unpaired) electrons. The van der Waals surface area contributed by atoms with Crippen molar-refractivity contribution >= 4 is 5.91 Å². The van der Waals surface area contributed by atoms with Gasteiger partial charge in [-0.1, -0.05) is 12.2 Å². The van der Waals surface area contributed by atoms with Crippen molar-refractivity contribution in [2.24, 2.45) is 5.92 Å². The predicted octanol–water partition coefficient (Wildman–Crippen LogP) is 2.10. The first-order valence-corrected chi connectivity index (χ1v) is 7.44. The van der Waals surface area contributed by atoms with E-state index >= 15 is 0 Å². The quantitative estimate of drug-likeness (QED) is 0.682. The zero-order chi connectivity index (χ0) is 13.3. The van der Waals surface area contributed by atoms with Crippen LogP contribution in [0.5, 0.6) is 0 Å². The topological polar surface area (TPSA) is 38.8 Å². The Balaban J connectivity index is 1.55. The third-order valence-electron chi connectivity index (χ3n) is 4.45. The van der Waals surface area contributed by atoms with E-state index in [1.54, 1.807) is 0 Å². The van der Waals surface area contributed by atoms with Crippen molar-refractivity contribution in [1.29, 1.82) is 0 Å². The largest absolute Gasteiger partial charge is 0.347 e. The average Bonchev–Trinajstić information content (AvgIpc) is 2.81. The summed E-state index contributed by atoms with van der Waals surface area (Å²) in [6.07, 6.45) is 9.07. The zero-order valence-electron chi connectivity index (χ0n) is 11.6. The summed E-state index contributed by atoms with van der Waals surface area (Å²) in [7, 11) is 0. The fourth-order valence-corrected chi connectivity index (χ4v) is 3.31. The van der Waals surface area contributed by atoms with Crippen LogP contribution in [0.15, 0.2) is 12.2 Å². The molecule has 0 bridgehead atoms. The number of amides is 1. The maximum absolute atomic E-state index is 12.4. The fraction of sp³-hybridized carbons (Fsp3) is 0.800. The summed E-state index contributed by atoms with van der Waals surface area (Å²) in [6, 6.07) is 0. The number of carbonyl (C=O) groups is 1. The van der Waals surface area contributed by atoms with Crippen LogP contribution in [-0.2, 0) is 14.3 Å². The average molecular weight is 265 g/mol. The molecular weight excluding hydrogens is 242 g/mol. The lowest BCUT2D eigenvalue weighted by Gasteiger charge is -2.39. The third-order valence-corrected chi connectivity index (χ3v) is 4.45. The maximum Gasteiger partial charge on any atom is 0.226 e. The monoisotopic (exact) mass is 265 g/mol. The zero-order valence-corrected chi connectivity index (χ0v) is 11.6. The highest BCUT2D eigenvalue weighted by molar-refractivity contribution is 5.79. The standard InChI is InChI=1S/C15H23NO3/c1-12-11-18-15(19-12)7-9-16(10-8-15)14(17)13-5-3-2-4-6-13/h2-3,12-13H,4-11H2,1H3. The number of piperidine rings is 1. The van der Waals surface area contributed by atoms with Gasteiger partial charge in [0, 0.05) is 31.8 Å². The first kappa shape index (κ1) is 13.1. The van der Waals surface area contributed by atoms with Crippen LogP contribution in [0.1, 0.15) is 39.0 Å². The number of rotatable bonds is 1. The minimum atomic E-state index is -0.400. The molecule has 4 nitrogen and oxygen atoms in total. The van der Waals surface area contributed by atoms with E-state index in [-0.39, 0.29) is 12.0 Å². The van der Waals surface area contributed by atoms with Crippen LogP contribution in [-0.4, -0.2) is 42.4 Å². The van der Waals surface area contributed by atoms with Crippen molar-refractivity contribution in [1.82, 2.24) is 4.90 Å². The van der Waals surface area contributed by atoms with E-state index in [9.17, 15) is 4.79 Å². The van der Waals surface area contributed by atoms with Gasteiger partial charge in [-0.05, 0) is 26.2 Å². The van der Waals surface area contributed by atoms with Gasteiger partial charge in [0.25, 0.3) is 0 Å². The van der Waals surface area contributed by atoms with E-state index in [0.717, 1.165) is 45.2 Å². The minimum Gasteiger partial charge on any atom is -0.347 e. The molecule has 0 N–H and O–H groups in total. The van der Waals surface area contributed by atoms with E-state index in [2.05, 4.69) is 12.2 Å². The Morgan fingerprint density at radius 1 is 1.32 bits per heavy atom. The number of hydrogen-bond acceptors (Lipinski definition) is 3. The van der Waals surface area contributed by atoms with Crippen LogP contribution in [0.25, 0.3) is 0 Å². The van der Waals surface area contributed by atoms with E-state index in [0.29, 0.717) is 12.5 Å². The molecule has 2 atom stereocenters. The Bertz CT molecular complexity index is 372. The van der Waals surface area contributed by atoms with Gasteiger partial charge >= 0.3 is 0 Å². The molecule has 1 amide bonds. The summed E-state index contributed by atoms with van der Waals surface area (Å²) >= 11 is 0. The highest BCUT2D eigenvalue weighted by Crippen LogP contribution is 2.34. The molecule has 0 aromatic rings. The van der Waals surface area contributed by atoms with Gasteiger partial charge in [0.15, 0.2) is 5.79 Å². The molecule has 3 aliphatic rings. The second kappa shape index (κ2) is 5.25. The number of allylic oxidation sites excluding steroid dienone is 2. The number of hydrogen-bond donors (Lipinski definition) is 0. The van der Waals surface area contributed by atoms with E-state index < -0.39 is 5.79 Å². The lowest BCUT2D eigenvalue weighted by Crippen LogP contribution is -2.49. The Hall–Kier alpha value is -0.870. The van der Waals surface area contributed by atoms with Crippen molar-refractivity contribution in [2.75, 3.05) is 19.7 Å². The molecule has 2 unspecified atom stereocenters. The molecule has 0 aromatic carbocycles. The molecule has 0 saturated carbocycles. The van der Waals surface area contributed by atoms with Crippen molar-refractivity contribution in [3.63, 3.8) is 0 Å². The Kier molecular flexibility index (Phi) is 3.63. The molecule has 4 heteroatoms. The minimum absolute atomic E-state index is 0.186. The highest BCUT2D eigenvalue weighted by atomic mass is 16.7. The van der Waals surface area contributed by atoms with E-state index in [4.69, 9.17) is 9.47 Å². The highest BCUT2D eigenvalue weighted by Gasteiger charge is 2.43. The molecular formula is C15H23NO3. The molecule has 2 fully saturated rings. The molecule has 2 heterocycles. The Morgan fingerprint density at radius 2 is 2.11 bits per heavy atom. The summed E-state index contributed by atoms with van der Waals surface area (Å²) < 4.78 is 11.7. The van der Waals surface area contributed by atoms with Crippen molar-refractivity contribution in [3.8, 4) is 0 Å². The van der Waals surface area contributed by atoms with Crippen molar-refractivity contribution in [3.05, 3.63) is 12.2 Å². The summed E-state index contributed by atoms with van der Waals surface area (Å²) in [5.41, 5.74) is 0. The predicted molar refractivity (Wildman–Crippen MR) is 71.5 cm³/mol. The fourth-order valence-electron chi connectivity index (χ4n) is 3.31. The third kappa shape index (κ3) is 2.70. The molecule has 2 saturated heterocycles. The summed E-state index contributed by atoms with van der Waals surface area (Å²) in [6.45, 7) is 4.26. The number of carbonyl (C=O) groups excluding carboxylic acids is 1. The molecule has 106 valence electrons. The number of nitrogens with zero attached hydrogens (tertiary/aromatic N) is 1. The number of ether oxygens (including phenoxy) is 2. The summed E-state index contributed by atoms with van der Waals surface area (Å²) in [5.74, 6) is 0.122. The van der Waals surface area contributed by atoms with Crippen LogP contribution in [0.4, 0.5) is 0 Å². The van der Waals surface area contributed by atoms with Crippen LogP contribution >= 0.6 is 0 Å². The van der Waals surface area contributed by atoms with Gasteiger partial charge in [-0.2, -0.15) is 0 Å². The lowest BCUT2D eigenvalue weighted by atomic mass is 9.92. The van der Waals surface area contributed by atoms with Crippen molar-refractivity contribution in [2.45, 2.75) is 50.9 Å². The maximum atomic E-state index is 12.4. The molecule has 1 aliphatic carbocycles. The van der Waals surface area contributed by atoms with Crippen LogP contribution in [0, 0.1) is 5.92 Å². The lowest BCUT2D eigenvalue weighted by molar-refractivity contribution is -0.195. The van der Waals surface area contributed by atoms with E-state index in [1.807, 2.05) is 11.8 Å². The molecule has 3 rings (SSSR count). The van der Waals surface area contributed by atoms with Gasteiger partial charge in [-0.3, -0.25) is 4.79 Å². The van der Waals surface area contributed by atoms with Crippen LogP contribution in [0.3, 0.4) is 0 Å². The van der Waals surface area contributed by atoms with E-state index in [1.165, 1.54) is 0 Å². The Labute approximate surface area is 114 Å². The van der Waals surface area contributed by atoms with Gasteiger partial charge in [-0.25, -0.2) is 0 Å². The van der Waals surface area contributed by atoms with Crippen LogP contribution in [0.2, 0.25) is 0 Å². The normalized spacial score (nSPS) is 33.8. The van der Waals surface area contributed by atoms with Gasteiger partial charge in [0.05, 0.1) is 12.7 Å². The van der Waals surface area contributed by atoms with Gasteiger partial charge < -0.3 is 14.4 Å². The number of likely N-dealkylation sites (tertiary alicyclic amines) is 1. The molecule has 2 aliphatic heterocycles. The summed E-state index contributed by atoms with van der Waals surface area (Å²) in [5, 5.41) is 0.